The van der Waals surface area contributed by atoms with Gasteiger partial charge in [0.2, 0.25) is 10.0 Å². The van der Waals surface area contributed by atoms with E-state index in [9.17, 15) is 13.2 Å². The lowest BCUT2D eigenvalue weighted by Crippen LogP contribution is -2.53. The van der Waals surface area contributed by atoms with Crippen molar-refractivity contribution in [2.45, 2.75) is 23.2 Å². The molecule has 154 valence electrons. The van der Waals surface area contributed by atoms with Gasteiger partial charge in [-0.15, -0.1) is 0 Å². The lowest BCUT2D eigenvalue weighted by molar-refractivity contribution is 0.171. The molecule has 2 aliphatic rings. The van der Waals surface area contributed by atoms with Crippen LogP contribution in [0.2, 0.25) is 0 Å². The van der Waals surface area contributed by atoms with Gasteiger partial charge >= 0.3 is 6.03 Å². The van der Waals surface area contributed by atoms with Gasteiger partial charge in [0.1, 0.15) is 0 Å². The van der Waals surface area contributed by atoms with Gasteiger partial charge in [0.05, 0.1) is 4.90 Å². The Morgan fingerprint density at radius 1 is 0.966 bits per heavy atom. The molecule has 1 saturated carbocycles. The number of benzene rings is 2. The van der Waals surface area contributed by atoms with E-state index in [1.165, 1.54) is 9.87 Å². The first-order valence-corrected chi connectivity index (χ1v) is 12.0. The zero-order valence-corrected chi connectivity index (χ0v) is 18.5. The Bertz CT molecular complexity index is 985. The van der Waals surface area contributed by atoms with Crippen molar-refractivity contribution in [2.75, 3.05) is 32.7 Å². The summed E-state index contributed by atoms with van der Waals surface area (Å²) in [7, 11) is -3.58. The van der Waals surface area contributed by atoms with E-state index in [1.54, 1.807) is 29.2 Å². The second-order valence-electron chi connectivity index (χ2n) is 7.63. The van der Waals surface area contributed by atoms with Crippen LogP contribution in [-0.4, -0.2) is 56.4 Å². The van der Waals surface area contributed by atoms with Crippen LogP contribution in [0.3, 0.4) is 0 Å². The minimum absolute atomic E-state index is 0.0572. The Kier molecular flexibility index (Phi) is 5.68. The maximum atomic E-state index is 12.9. The molecule has 1 aliphatic heterocycles. The van der Waals surface area contributed by atoms with Gasteiger partial charge in [0.25, 0.3) is 0 Å². The Hall–Kier alpha value is -1.90. The largest absolute Gasteiger partial charge is 0.337 e. The molecule has 1 heterocycles. The number of nitrogens with zero attached hydrogens (tertiary/aromatic N) is 2. The van der Waals surface area contributed by atoms with Gasteiger partial charge < -0.3 is 10.2 Å². The van der Waals surface area contributed by atoms with Crippen LogP contribution in [0.4, 0.5) is 4.79 Å². The molecule has 1 saturated heterocycles. The summed E-state index contributed by atoms with van der Waals surface area (Å²) in [6.07, 6.45) is 2.16. The van der Waals surface area contributed by atoms with Crippen LogP contribution in [0.1, 0.15) is 18.4 Å². The minimum atomic E-state index is -3.58. The maximum Gasteiger partial charge on any atom is 0.317 e. The van der Waals surface area contributed by atoms with Gasteiger partial charge in [-0.2, -0.15) is 4.31 Å². The fraction of sp³-hybridized carbons (Fsp3) is 0.381. The number of hydrogen-bond acceptors (Lipinski definition) is 3. The highest BCUT2D eigenvalue weighted by atomic mass is 79.9. The van der Waals surface area contributed by atoms with Gasteiger partial charge in [-0.05, 0) is 46.5 Å². The molecule has 6 nitrogen and oxygen atoms in total. The van der Waals surface area contributed by atoms with Crippen LogP contribution in [-0.2, 0) is 15.4 Å². The molecule has 1 aliphatic carbocycles. The standard InChI is InChI=1S/C21H24BrN3O3S/c22-18-8-4-5-9-19(18)29(27,28)25-14-12-24(13-15-25)20(26)23-16-21(10-11-21)17-6-2-1-3-7-17/h1-9H,10-16H2,(H,23,26). The van der Waals surface area contributed by atoms with Crippen LogP contribution in [0.15, 0.2) is 64.0 Å². The van der Waals surface area contributed by atoms with E-state index in [-0.39, 0.29) is 16.3 Å². The van der Waals surface area contributed by atoms with Crippen molar-refractivity contribution in [1.29, 1.82) is 0 Å². The SMILES string of the molecule is O=C(NCC1(c2ccccc2)CC1)N1CCN(S(=O)(=O)c2ccccc2Br)CC1. The average molecular weight is 478 g/mol. The smallest absolute Gasteiger partial charge is 0.317 e. The average Bonchev–Trinajstić information content (AvgIpc) is 3.54. The van der Waals surface area contributed by atoms with Crippen LogP contribution in [0, 0.1) is 0 Å². The summed E-state index contributed by atoms with van der Waals surface area (Å²) in [5.74, 6) is 0. The zero-order valence-electron chi connectivity index (χ0n) is 16.1. The molecular formula is C21H24BrN3O3S. The number of urea groups is 1. The number of piperazine rings is 1. The highest BCUT2D eigenvalue weighted by Crippen LogP contribution is 2.47. The highest BCUT2D eigenvalue weighted by molar-refractivity contribution is 9.10. The molecule has 8 heteroatoms. The van der Waals surface area contributed by atoms with E-state index in [1.807, 2.05) is 18.2 Å². The van der Waals surface area contributed by atoms with Crippen molar-refractivity contribution in [3.05, 3.63) is 64.6 Å². The van der Waals surface area contributed by atoms with Crippen molar-refractivity contribution in [3.8, 4) is 0 Å². The normalized spacial score (nSPS) is 19.0. The van der Waals surface area contributed by atoms with Crippen LogP contribution in [0.5, 0.6) is 0 Å². The third-order valence-corrected chi connectivity index (χ3v) is 8.71. The van der Waals surface area contributed by atoms with Gasteiger partial charge in [-0.25, -0.2) is 13.2 Å². The summed E-state index contributed by atoms with van der Waals surface area (Å²) in [4.78, 5) is 14.6. The fourth-order valence-electron chi connectivity index (χ4n) is 3.79. The predicted molar refractivity (Wildman–Crippen MR) is 115 cm³/mol. The number of carbonyl (C=O) groups excluding carboxylic acids is 1. The van der Waals surface area contributed by atoms with Gasteiger partial charge in [-0.3, -0.25) is 0 Å². The zero-order chi connectivity index (χ0) is 20.5. The van der Waals surface area contributed by atoms with E-state index in [0.29, 0.717) is 37.2 Å². The van der Waals surface area contributed by atoms with Crippen LogP contribution in [0.25, 0.3) is 0 Å². The molecule has 0 radical (unpaired) electrons. The summed E-state index contributed by atoms with van der Waals surface area (Å²) in [5.41, 5.74) is 1.33. The first-order valence-electron chi connectivity index (χ1n) is 9.75. The van der Waals surface area contributed by atoms with E-state index in [0.717, 1.165) is 12.8 Å². The summed E-state index contributed by atoms with van der Waals surface area (Å²) in [5, 5.41) is 3.06. The first kappa shape index (κ1) is 20.4. The van der Waals surface area contributed by atoms with Gasteiger partial charge in [0, 0.05) is 42.6 Å². The number of hydrogen-bond donors (Lipinski definition) is 1. The molecular weight excluding hydrogens is 454 g/mol. The molecule has 29 heavy (non-hydrogen) atoms. The molecule has 0 spiro atoms. The maximum absolute atomic E-state index is 12.9. The molecule has 2 aromatic rings. The quantitative estimate of drug-likeness (QED) is 0.718. The fourth-order valence-corrected chi connectivity index (χ4v) is 6.18. The van der Waals surface area contributed by atoms with Crippen molar-refractivity contribution in [2.24, 2.45) is 0 Å². The summed E-state index contributed by atoms with van der Waals surface area (Å²) in [6.45, 7) is 1.97. The number of rotatable bonds is 5. The van der Waals surface area contributed by atoms with E-state index < -0.39 is 10.0 Å². The molecule has 0 unspecified atom stereocenters. The Morgan fingerprint density at radius 2 is 1.59 bits per heavy atom. The number of amides is 2. The Labute approximate surface area is 180 Å². The molecule has 4 rings (SSSR count). The number of nitrogens with one attached hydrogen (secondary N) is 1. The lowest BCUT2D eigenvalue weighted by Gasteiger charge is -2.34. The number of sulfonamides is 1. The van der Waals surface area contributed by atoms with E-state index >= 15 is 0 Å². The van der Waals surface area contributed by atoms with Gasteiger partial charge in [0.15, 0.2) is 0 Å². The van der Waals surface area contributed by atoms with E-state index in [2.05, 4.69) is 33.4 Å². The van der Waals surface area contributed by atoms with E-state index in [4.69, 9.17) is 0 Å². The summed E-state index contributed by atoms with van der Waals surface area (Å²) < 4.78 is 27.8. The molecule has 0 atom stereocenters. The molecule has 2 fully saturated rings. The number of halogens is 1. The van der Waals surface area contributed by atoms with Crippen LogP contribution >= 0.6 is 15.9 Å². The number of carbonyl (C=O) groups is 1. The highest BCUT2D eigenvalue weighted by Gasteiger charge is 2.44. The molecule has 2 amide bonds. The second kappa shape index (κ2) is 8.08. The van der Waals surface area contributed by atoms with Gasteiger partial charge in [-0.1, -0.05) is 42.5 Å². The second-order valence-corrected chi connectivity index (χ2v) is 10.4. The van der Waals surface area contributed by atoms with Crippen molar-refractivity contribution in [3.63, 3.8) is 0 Å². The molecule has 0 bridgehead atoms. The molecule has 0 aromatic heterocycles. The van der Waals surface area contributed by atoms with Crippen molar-refractivity contribution in [1.82, 2.24) is 14.5 Å². The topological polar surface area (TPSA) is 69.7 Å². The summed E-state index contributed by atoms with van der Waals surface area (Å²) >= 11 is 3.32. The van der Waals surface area contributed by atoms with Crippen molar-refractivity contribution < 1.29 is 13.2 Å². The predicted octanol–water partition coefficient (Wildman–Crippen LogP) is 3.20. The monoisotopic (exact) mass is 477 g/mol. The Morgan fingerprint density at radius 3 is 2.21 bits per heavy atom. The Balaban J connectivity index is 1.33. The first-order chi connectivity index (χ1) is 13.9. The van der Waals surface area contributed by atoms with Crippen LogP contribution < -0.4 is 5.32 Å². The molecule has 2 aromatic carbocycles. The lowest BCUT2D eigenvalue weighted by atomic mass is 9.96. The third kappa shape index (κ3) is 4.20. The summed E-state index contributed by atoms with van der Waals surface area (Å²) in [6, 6.07) is 17.0. The molecule has 1 N–H and O–H groups in total. The van der Waals surface area contributed by atoms with Crippen molar-refractivity contribution >= 4 is 32.0 Å². The third-order valence-electron chi connectivity index (χ3n) is 5.80. The minimum Gasteiger partial charge on any atom is -0.337 e.